The van der Waals surface area contributed by atoms with Gasteiger partial charge in [-0.3, -0.25) is 4.57 Å². The van der Waals surface area contributed by atoms with Gasteiger partial charge in [0.1, 0.15) is 17.3 Å². The van der Waals surface area contributed by atoms with E-state index < -0.39 is 7.29 Å². The van der Waals surface area contributed by atoms with Crippen molar-refractivity contribution in [1.82, 2.24) is 4.98 Å². The van der Waals surface area contributed by atoms with Crippen molar-refractivity contribution in [3.05, 3.63) is 107 Å². The van der Waals surface area contributed by atoms with E-state index >= 15 is 0 Å². The monoisotopic (exact) mass is 374 g/mol. The minimum absolute atomic E-state index is 0.571. The van der Waals surface area contributed by atoms with E-state index in [0.29, 0.717) is 17.3 Å². The molecule has 0 atom stereocenters. The van der Waals surface area contributed by atoms with E-state index in [1.807, 2.05) is 79.7 Å². The van der Waals surface area contributed by atoms with E-state index in [0.717, 1.165) is 16.7 Å². The van der Waals surface area contributed by atoms with Gasteiger partial charge in [0.15, 0.2) is 0 Å². The zero-order valence-corrected chi connectivity index (χ0v) is 15.8. The molecule has 0 amide bonds. The molecule has 0 saturated heterocycles. The molecule has 0 unspecified atom stereocenters. The number of rotatable bonds is 4. The zero-order valence-electron chi connectivity index (χ0n) is 14.9. The van der Waals surface area contributed by atoms with Crippen LogP contribution in [0.2, 0.25) is 0 Å². The van der Waals surface area contributed by atoms with Crippen molar-refractivity contribution >= 4 is 24.6 Å². The average molecular weight is 374 g/mol. The zero-order chi connectivity index (χ0) is 18.7. The molecule has 0 aliphatic carbocycles. The van der Waals surface area contributed by atoms with Crippen molar-refractivity contribution in [1.29, 1.82) is 0 Å². The molecule has 2 heterocycles. The Bertz CT molecular complexity index is 1000. The van der Waals surface area contributed by atoms with Crippen LogP contribution >= 0.6 is 7.29 Å². The van der Waals surface area contributed by atoms with E-state index in [2.05, 4.69) is 10.1 Å². The number of aromatic nitrogens is 1. The minimum Gasteiger partial charge on any atom is -0.456 e. The smallest absolute Gasteiger partial charge is 0.221 e. The van der Waals surface area contributed by atoms with Crippen LogP contribution in [-0.2, 0) is 9.30 Å². The van der Waals surface area contributed by atoms with Crippen molar-refractivity contribution in [2.75, 3.05) is 5.09 Å². The van der Waals surface area contributed by atoms with Gasteiger partial charge in [0.25, 0.3) is 0 Å². The Labute approximate surface area is 158 Å². The maximum Gasteiger partial charge on any atom is 0.221 e. The summed E-state index contributed by atoms with van der Waals surface area (Å²) in [5.41, 5.74) is 2.68. The highest BCUT2D eigenvalue weighted by Gasteiger charge is 2.27. The van der Waals surface area contributed by atoms with Crippen LogP contribution in [0, 0.1) is 6.92 Å². The molecule has 4 rings (SSSR count). The molecular formula is C22H19N2O2P. The first-order valence-electron chi connectivity index (χ1n) is 8.67. The summed E-state index contributed by atoms with van der Waals surface area (Å²) in [4.78, 5) is 4.33. The van der Waals surface area contributed by atoms with Crippen LogP contribution in [0.5, 0.6) is 0 Å². The van der Waals surface area contributed by atoms with Gasteiger partial charge in [0, 0.05) is 29.0 Å². The molecule has 0 fully saturated rings. The van der Waals surface area contributed by atoms with E-state index in [9.17, 15) is 4.57 Å². The van der Waals surface area contributed by atoms with Gasteiger partial charge < -0.3 is 9.82 Å². The second kappa shape index (κ2) is 7.26. The lowest BCUT2D eigenvalue weighted by atomic mass is 10.2. The molecule has 3 aromatic rings. The minimum atomic E-state index is -3.07. The molecule has 0 spiro atoms. The molecule has 134 valence electrons. The van der Waals surface area contributed by atoms with Gasteiger partial charge >= 0.3 is 0 Å². The summed E-state index contributed by atoms with van der Waals surface area (Å²) in [5.74, 6) is 5.09. The average Bonchev–Trinajstić information content (AvgIpc) is 2.70. The van der Waals surface area contributed by atoms with Crippen LogP contribution in [0.3, 0.4) is 0 Å². The lowest BCUT2D eigenvalue weighted by Crippen LogP contribution is -2.04. The lowest BCUT2D eigenvalue weighted by molar-refractivity contribution is 0.469. The Morgan fingerprint density at radius 1 is 0.815 bits per heavy atom. The van der Waals surface area contributed by atoms with E-state index in [1.165, 1.54) is 0 Å². The van der Waals surface area contributed by atoms with Gasteiger partial charge in [-0.2, -0.15) is 0 Å². The molecule has 1 aliphatic heterocycles. The number of pyridine rings is 1. The molecule has 2 aromatic carbocycles. The summed E-state index contributed by atoms with van der Waals surface area (Å²) in [6, 6.07) is 23.2. The quantitative estimate of drug-likeness (QED) is 0.560. The van der Waals surface area contributed by atoms with Gasteiger partial charge in [-0.15, -0.1) is 0 Å². The van der Waals surface area contributed by atoms with E-state index in [-0.39, 0.29) is 0 Å². The second-order valence-electron chi connectivity index (χ2n) is 6.31. The fourth-order valence-corrected chi connectivity index (χ4v) is 4.73. The molecule has 1 aliphatic rings. The fraction of sp³-hybridized carbons (Fsp3) is 0.0455. The van der Waals surface area contributed by atoms with Gasteiger partial charge in [0.05, 0.1) is 0 Å². The molecule has 27 heavy (non-hydrogen) atoms. The van der Waals surface area contributed by atoms with Crippen molar-refractivity contribution in [2.45, 2.75) is 6.92 Å². The van der Waals surface area contributed by atoms with Crippen molar-refractivity contribution < 1.29 is 9.30 Å². The number of ether oxygens (including phenoxy) is 1. The molecule has 0 bridgehead atoms. The summed E-state index contributed by atoms with van der Waals surface area (Å²) >= 11 is 0. The predicted octanol–water partition coefficient (Wildman–Crippen LogP) is 6.11. The Kier molecular flexibility index (Phi) is 4.66. The van der Waals surface area contributed by atoms with Crippen LogP contribution in [0.25, 0.3) is 11.5 Å². The van der Waals surface area contributed by atoms with Gasteiger partial charge in [0.2, 0.25) is 7.29 Å². The Morgan fingerprint density at radius 3 is 1.89 bits per heavy atom. The summed E-state index contributed by atoms with van der Waals surface area (Å²) in [5, 5.41) is 3.14. The third-order valence-electron chi connectivity index (χ3n) is 4.24. The van der Waals surface area contributed by atoms with Crippen LogP contribution < -0.4 is 5.09 Å². The number of hydrogen-bond donors (Lipinski definition) is 1. The van der Waals surface area contributed by atoms with Crippen LogP contribution in [0.4, 0.5) is 5.82 Å². The molecule has 5 heteroatoms. The fourth-order valence-electron chi connectivity index (χ4n) is 2.86. The summed E-state index contributed by atoms with van der Waals surface area (Å²) < 4.78 is 19.8. The number of aryl methyl sites for hydroxylation is 1. The molecule has 0 saturated carbocycles. The number of hydrogen-bond acceptors (Lipinski definition) is 3. The third-order valence-corrected chi connectivity index (χ3v) is 6.04. The SMILES string of the molecule is Cc1cccnc1NP1(=O)C=C(c2ccccc2)OC(c2ccccc2)=C1. The lowest BCUT2D eigenvalue weighted by Gasteiger charge is -2.24. The molecule has 1 N–H and O–H groups in total. The topological polar surface area (TPSA) is 51.2 Å². The summed E-state index contributed by atoms with van der Waals surface area (Å²) in [7, 11) is -3.07. The third kappa shape index (κ3) is 3.86. The van der Waals surface area contributed by atoms with E-state index in [4.69, 9.17) is 4.74 Å². The summed E-state index contributed by atoms with van der Waals surface area (Å²) in [6.45, 7) is 1.94. The number of anilines is 1. The van der Waals surface area contributed by atoms with Crippen molar-refractivity contribution in [2.24, 2.45) is 0 Å². The maximum absolute atomic E-state index is 13.7. The van der Waals surface area contributed by atoms with Gasteiger partial charge in [-0.05, 0) is 18.6 Å². The standard InChI is InChI=1S/C22H19N2O2P/c1-17-9-8-14-23-22(17)24-27(25)15-20(18-10-4-2-5-11-18)26-21(16-27)19-12-6-3-7-13-19/h2-16H,1H3,(H,23,24,25). The summed E-state index contributed by atoms with van der Waals surface area (Å²) in [6.07, 6.45) is 1.69. The van der Waals surface area contributed by atoms with Crippen LogP contribution in [0.15, 0.2) is 90.6 Å². The highest BCUT2D eigenvalue weighted by Crippen LogP contribution is 2.56. The normalized spacial score (nSPS) is 15.3. The van der Waals surface area contributed by atoms with Gasteiger partial charge in [-0.25, -0.2) is 4.98 Å². The van der Waals surface area contributed by atoms with Crippen LogP contribution in [0.1, 0.15) is 16.7 Å². The number of benzene rings is 2. The highest BCUT2D eigenvalue weighted by atomic mass is 31.2. The Balaban J connectivity index is 1.79. The highest BCUT2D eigenvalue weighted by molar-refractivity contribution is 7.72. The first-order valence-corrected chi connectivity index (χ1v) is 10.5. The molecule has 1 aromatic heterocycles. The first-order chi connectivity index (χ1) is 13.1. The second-order valence-corrected chi connectivity index (χ2v) is 8.47. The maximum atomic E-state index is 13.7. The molecule has 0 radical (unpaired) electrons. The van der Waals surface area contributed by atoms with Crippen molar-refractivity contribution in [3.8, 4) is 0 Å². The largest absolute Gasteiger partial charge is 0.456 e. The van der Waals surface area contributed by atoms with Gasteiger partial charge in [-0.1, -0.05) is 66.7 Å². The van der Waals surface area contributed by atoms with E-state index in [1.54, 1.807) is 17.8 Å². The molecular weight excluding hydrogens is 355 g/mol. The van der Waals surface area contributed by atoms with Crippen molar-refractivity contribution in [3.63, 3.8) is 0 Å². The molecule has 4 nitrogen and oxygen atoms in total. The Hall–Kier alpha value is -3.10. The number of nitrogens with one attached hydrogen (secondary N) is 1. The predicted molar refractivity (Wildman–Crippen MR) is 110 cm³/mol. The Morgan fingerprint density at radius 2 is 1.37 bits per heavy atom. The van der Waals surface area contributed by atoms with Crippen LogP contribution in [-0.4, -0.2) is 4.98 Å². The first kappa shape index (κ1) is 17.3. The number of nitrogens with zero attached hydrogens (tertiary/aromatic N) is 1.